The van der Waals surface area contributed by atoms with E-state index in [0.717, 1.165) is 39.1 Å². The molecule has 2 rings (SSSR count). The molecular weight excluding hydrogens is 429 g/mol. The molecule has 0 radical (unpaired) electrons. The van der Waals surface area contributed by atoms with Crippen LogP contribution in [0.5, 0.6) is 0 Å². The lowest BCUT2D eigenvalue weighted by molar-refractivity contribution is 0.0180. The first-order valence-corrected chi connectivity index (χ1v) is 12.9. The van der Waals surface area contributed by atoms with E-state index in [1.165, 1.54) is 9.26 Å². The Bertz CT molecular complexity index is 505. The van der Waals surface area contributed by atoms with Gasteiger partial charge in [0.05, 0.1) is 19.3 Å². The van der Waals surface area contributed by atoms with E-state index in [9.17, 15) is 0 Å². The Hall–Kier alpha value is -0.113. The first kappa shape index (κ1) is 20.2. The Balaban J connectivity index is 1.67. The first-order valence-electron chi connectivity index (χ1n) is 8.95. The molecule has 3 nitrogen and oxygen atoms in total. The van der Waals surface area contributed by atoms with Crippen molar-refractivity contribution < 1.29 is 9.16 Å². The highest BCUT2D eigenvalue weighted by Crippen LogP contribution is 2.36. The van der Waals surface area contributed by atoms with Gasteiger partial charge >= 0.3 is 0 Å². The number of anilines is 1. The molecule has 0 bridgehead atoms. The van der Waals surface area contributed by atoms with Crippen molar-refractivity contribution in [3.05, 3.63) is 27.8 Å². The van der Waals surface area contributed by atoms with E-state index < -0.39 is 8.32 Å². The van der Waals surface area contributed by atoms with Gasteiger partial charge in [-0.15, -0.1) is 0 Å². The number of piperidine rings is 1. The van der Waals surface area contributed by atoms with Crippen LogP contribution in [0.25, 0.3) is 0 Å². The van der Waals surface area contributed by atoms with Gasteiger partial charge in [-0.1, -0.05) is 20.8 Å². The van der Waals surface area contributed by atoms with Crippen molar-refractivity contribution in [3.8, 4) is 0 Å². The summed E-state index contributed by atoms with van der Waals surface area (Å²) < 4.78 is 13.5. The van der Waals surface area contributed by atoms with E-state index in [1.807, 2.05) is 0 Å². The number of rotatable bonds is 6. The Morgan fingerprint density at radius 3 is 2.21 bits per heavy atom. The quantitative estimate of drug-likeness (QED) is 0.326. The zero-order chi connectivity index (χ0) is 17.8. The Kier molecular flexibility index (Phi) is 7.17. The van der Waals surface area contributed by atoms with Gasteiger partial charge in [-0.3, -0.25) is 0 Å². The van der Waals surface area contributed by atoms with Gasteiger partial charge in [0.2, 0.25) is 0 Å². The van der Waals surface area contributed by atoms with Crippen LogP contribution in [0.4, 0.5) is 5.69 Å². The van der Waals surface area contributed by atoms with Gasteiger partial charge in [0.15, 0.2) is 8.32 Å². The molecule has 0 saturated carbocycles. The molecule has 136 valence electrons. The predicted octanol–water partition coefficient (Wildman–Crippen LogP) is 5.30. The highest BCUT2D eigenvalue weighted by molar-refractivity contribution is 14.1. The van der Waals surface area contributed by atoms with Crippen molar-refractivity contribution in [2.24, 2.45) is 0 Å². The number of benzene rings is 1. The van der Waals surface area contributed by atoms with E-state index in [1.54, 1.807) is 0 Å². The zero-order valence-electron chi connectivity index (χ0n) is 15.8. The second-order valence-electron chi connectivity index (χ2n) is 8.14. The summed E-state index contributed by atoms with van der Waals surface area (Å²) in [6.07, 6.45) is 2.59. The summed E-state index contributed by atoms with van der Waals surface area (Å²) >= 11 is 2.35. The maximum atomic E-state index is 6.19. The molecule has 1 aliphatic heterocycles. The molecule has 1 aromatic carbocycles. The number of ether oxygens (including phenoxy) is 1. The largest absolute Gasteiger partial charge is 0.414 e. The first-order chi connectivity index (χ1) is 11.2. The van der Waals surface area contributed by atoms with Gasteiger partial charge < -0.3 is 14.1 Å². The summed E-state index contributed by atoms with van der Waals surface area (Å²) in [5.74, 6) is 0. The van der Waals surface area contributed by atoms with Crippen molar-refractivity contribution in [2.45, 2.75) is 57.8 Å². The van der Waals surface area contributed by atoms with Crippen LogP contribution in [0.2, 0.25) is 18.1 Å². The molecule has 24 heavy (non-hydrogen) atoms. The molecule has 1 saturated heterocycles. The summed E-state index contributed by atoms with van der Waals surface area (Å²) in [5.41, 5.74) is 1.33. The van der Waals surface area contributed by atoms with E-state index >= 15 is 0 Å². The fraction of sp³-hybridized carbons (Fsp3) is 0.684. The number of hydrogen-bond donors (Lipinski definition) is 0. The van der Waals surface area contributed by atoms with Crippen LogP contribution in [0, 0.1) is 3.57 Å². The molecule has 0 atom stereocenters. The second-order valence-corrected chi connectivity index (χ2v) is 14.2. The van der Waals surface area contributed by atoms with Gasteiger partial charge in [0, 0.05) is 22.3 Å². The van der Waals surface area contributed by atoms with Crippen molar-refractivity contribution in [1.29, 1.82) is 0 Å². The number of hydrogen-bond acceptors (Lipinski definition) is 3. The van der Waals surface area contributed by atoms with Gasteiger partial charge in [-0.05, 0) is 77.8 Å². The van der Waals surface area contributed by atoms with E-state index in [-0.39, 0.29) is 5.04 Å². The van der Waals surface area contributed by atoms with E-state index in [2.05, 4.69) is 85.6 Å². The molecule has 0 amide bonds. The summed E-state index contributed by atoms with van der Waals surface area (Å²) in [6.45, 7) is 15.0. The number of halogens is 1. The van der Waals surface area contributed by atoms with Crippen molar-refractivity contribution in [1.82, 2.24) is 0 Å². The maximum absolute atomic E-state index is 6.19. The van der Waals surface area contributed by atoms with Crippen LogP contribution in [0.3, 0.4) is 0 Å². The summed E-state index contributed by atoms with van der Waals surface area (Å²) in [4.78, 5) is 2.46. The van der Waals surface area contributed by atoms with Gasteiger partial charge in [0.25, 0.3) is 0 Å². The van der Waals surface area contributed by atoms with Crippen LogP contribution in [0.15, 0.2) is 24.3 Å². The minimum atomic E-state index is -1.64. The minimum absolute atomic E-state index is 0.270. The van der Waals surface area contributed by atoms with Crippen molar-refractivity contribution >= 4 is 36.6 Å². The van der Waals surface area contributed by atoms with Crippen molar-refractivity contribution in [3.63, 3.8) is 0 Å². The lowest BCUT2D eigenvalue weighted by Gasteiger charge is -2.36. The van der Waals surface area contributed by atoms with Crippen LogP contribution in [0.1, 0.15) is 33.6 Å². The molecule has 0 aromatic heterocycles. The standard InChI is InChI=1S/C19H32INO2Si/c1-19(2,3)24(4,5)23-15-14-22-18-10-12-21(13-11-18)17-8-6-16(20)7-9-17/h6-9,18H,10-15H2,1-5H3. The lowest BCUT2D eigenvalue weighted by atomic mass is 10.1. The highest BCUT2D eigenvalue weighted by atomic mass is 127. The average Bonchev–Trinajstić information content (AvgIpc) is 2.52. The van der Waals surface area contributed by atoms with Gasteiger partial charge in [-0.25, -0.2) is 0 Å². The van der Waals surface area contributed by atoms with Crippen LogP contribution in [-0.4, -0.2) is 40.7 Å². The summed E-state index contributed by atoms with van der Waals surface area (Å²) in [6, 6.07) is 8.79. The predicted molar refractivity (Wildman–Crippen MR) is 113 cm³/mol. The molecule has 1 aromatic rings. The molecule has 5 heteroatoms. The fourth-order valence-electron chi connectivity index (χ4n) is 2.66. The molecule has 1 fully saturated rings. The van der Waals surface area contributed by atoms with E-state index in [4.69, 9.17) is 9.16 Å². The Labute approximate surface area is 162 Å². The molecule has 0 aliphatic carbocycles. The molecular formula is C19H32INO2Si. The van der Waals surface area contributed by atoms with Crippen LogP contribution >= 0.6 is 22.6 Å². The van der Waals surface area contributed by atoms with Crippen molar-refractivity contribution in [2.75, 3.05) is 31.2 Å². The smallest absolute Gasteiger partial charge is 0.192 e. The molecule has 0 N–H and O–H groups in total. The number of nitrogens with zero attached hydrogens (tertiary/aromatic N) is 1. The average molecular weight is 461 g/mol. The zero-order valence-corrected chi connectivity index (χ0v) is 18.9. The van der Waals surface area contributed by atoms with Crippen LogP contribution < -0.4 is 4.90 Å². The third-order valence-electron chi connectivity index (χ3n) is 5.34. The third kappa shape index (κ3) is 5.71. The minimum Gasteiger partial charge on any atom is -0.414 e. The Morgan fingerprint density at radius 2 is 1.67 bits per heavy atom. The highest BCUT2D eigenvalue weighted by Gasteiger charge is 2.36. The SMILES string of the molecule is CC(C)(C)[Si](C)(C)OCCOC1CCN(c2ccc(I)cc2)CC1. The normalized spacial score (nSPS) is 17.3. The third-order valence-corrected chi connectivity index (χ3v) is 10.6. The van der Waals surface area contributed by atoms with E-state index in [0.29, 0.717) is 6.10 Å². The summed E-state index contributed by atoms with van der Waals surface area (Å²) in [7, 11) is -1.64. The molecule has 1 heterocycles. The molecule has 1 aliphatic rings. The van der Waals surface area contributed by atoms with Crippen LogP contribution in [-0.2, 0) is 9.16 Å². The Morgan fingerprint density at radius 1 is 1.08 bits per heavy atom. The van der Waals surface area contributed by atoms with Gasteiger partial charge in [0.1, 0.15) is 0 Å². The lowest BCUT2D eigenvalue weighted by Crippen LogP contribution is -2.42. The molecule has 0 spiro atoms. The fourth-order valence-corrected chi connectivity index (χ4v) is 4.05. The summed E-state index contributed by atoms with van der Waals surface area (Å²) in [5, 5.41) is 0.270. The topological polar surface area (TPSA) is 21.7 Å². The maximum Gasteiger partial charge on any atom is 0.192 e. The second kappa shape index (κ2) is 8.51. The van der Waals surface area contributed by atoms with Gasteiger partial charge in [-0.2, -0.15) is 0 Å². The monoisotopic (exact) mass is 461 g/mol. The molecule has 0 unspecified atom stereocenters.